The van der Waals surface area contributed by atoms with Crippen LogP contribution in [0.5, 0.6) is 0 Å². The molecule has 0 saturated carbocycles. The van der Waals surface area contributed by atoms with E-state index in [0.717, 1.165) is 35.8 Å². The lowest BCUT2D eigenvalue weighted by Gasteiger charge is -2.27. The van der Waals surface area contributed by atoms with Crippen molar-refractivity contribution in [2.45, 2.75) is 25.8 Å². The molecule has 1 saturated heterocycles. The van der Waals surface area contributed by atoms with Gasteiger partial charge in [-0.2, -0.15) is 0 Å². The van der Waals surface area contributed by atoms with Crippen molar-refractivity contribution < 1.29 is 9.21 Å². The maximum atomic E-state index is 12.2. The molecule has 2 aromatic heterocycles. The quantitative estimate of drug-likeness (QED) is 0.738. The summed E-state index contributed by atoms with van der Waals surface area (Å²) in [5, 5.41) is 2.85. The van der Waals surface area contributed by atoms with Gasteiger partial charge in [-0.25, -0.2) is 4.98 Å². The fourth-order valence-corrected chi connectivity index (χ4v) is 3.36. The molecule has 1 N–H and O–H groups in total. The van der Waals surface area contributed by atoms with Crippen molar-refractivity contribution in [3.63, 3.8) is 0 Å². The molecular formula is C22H23N3O2. The van der Waals surface area contributed by atoms with Gasteiger partial charge in [0.15, 0.2) is 0 Å². The predicted molar refractivity (Wildman–Crippen MR) is 106 cm³/mol. The summed E-state index contributed by atoms with van der Waals surface area (Å²) in [5.74, 6) is 1.67. The van der Waals surface area contributed by atoms with Crippen LogP contribution in [0.3, 0.4) is 0 Å². The lowest BCUT2D eigenvalue weighted by atomic mass is 10.1. The summed E-state index contributed by atoms with van der Waals surface area (Å²) in [4.78, 5) is 19.2. The molecule has 0 aliphatic carbocycles. The second-order valence-corrected chi connectivity index (χ2v) is 6.79. The minimum Gasteiger partial charge on any atom is -0.467 e. The van der Waals surface area contributed by atoms with Gasteiger partial charge >= 0.3 is 0 Å². The molecule has 3 aromatic rings. The van der Waals surface area contributed by atoms with E-state index >= 15 is 0 Å². The van der Waals surface area contributed by atoms with E-state index in [9.17, 15) is 4.79 Å². The molecule has 1 amide bonds. The highest BCUT2D eigenvalue weighted by molar-refractivity contribution is 5.94. The molecule has 1 aliphatic rings. The molecule has 138 valence electrons. The van der Waals surface area contributed by atoms with Crippen LogP contribution in [0.1, 0.15) is 35.4 Å². The number of nitrogens with one attached hydrogen (secondary N) is 1. The fourth-order valence-electron chi connectivity index (χ4n) is 3.36. The van der Waals surface area contributed by atoms with Gasteiger partial charge in [-0.3, -0.25) is 4.79 Å². The van der Waals surface area contributed by atoms with Crippen LogP contribution in [0.2, 0.25) is 0 Å². The molecule has 5 heteroatoms. The molecule has 0 radical (unpaired) electrons. The monoisotopic (exact) mass is 361 g/mol. The van der Waals surface area contributed by atoms with Gasteiger partial charge in [-0.1, -0.05) is 12.1 Å². The molecule has 27 heavy (non-hydrogen) atoms. The number of pyridine rings is 1. The Hall–Kier alpha value is -3.08. The molecule has 0 bridgehead atoms. The fraction of sp³-hybridized carbons (Fsp3) is 0.273. The lowest BCUT2D eigenvalue weighted by molar-refractivity contribution is 0.0948. The van der Waals surface area contributed by atoms with E-state index in [2.05, 4.69) is 27.3 Å². The molecule has 0 spiro atoms. The number of nitrogens with zero attached hydrogens (tertiary/aromatic N) is 2. The third kappa shape index (κ3) is 4.19. The summed E-state index contributed by atoms with van der Waals surface area (Å²) < 4.78 is 5.22. The van der Waals surface area contributed by atoms with E-state index < -0.39 is 0 Å². The maximum absolute atomic E-state index is 12.2. The summed E-state index contributed by atoms with van der Waals surface area (Å²) in [5.41, 5.74) is 2.73. The van der Waals surface area contributed by atoms with Gasteiger partial charge in [0.25, 0.3) is 5.91 Å². The van der Waals surface area contributed by atoms with E-state index in [1.807, 2.05) is 36.5 Å². The summed E-state index contributed by atoms with van der Waals surface area (Å²) in [6, 6.07) is 15.4. The summed E-state index contributed by atoms with van der Waals surface area (Å²) in [6.07, 6.45) is 7.31. The molecule has 3 heterocycles. The zero-order valence-electron chi connectivity index (χ0n) is 15.2. The Balaban J connectivity index is 1.40. The molecule has 1 aromatic carbocycles. The average Bonchev–Trinajstić information content (AvgIpc) is 3.27. The lowest BCUT2D eigenvalue weighted by Crippen LogP contribution is -2.29. The van der Waals surface area contributed by atoms with E-state index in [1.54, 1.807) is 12.3 Å². The Bertz CT molecular complexity index is 865. The highest BCUT2D eigenvalue weighted by Gasteiger charge is 2.12. The molecule has 0 unspecified atom stereocenters. The standard InChI is InChI=1S/C22H23N3O2/c26-22(24-16-20-5-4-14-27-20)18-8-6-17(7-9-18)19-10-11-21(23-15-19)25-12-2-1-3-13-25/h4-11,14-15H,1-3,12-13,16H2,(H,24,26). The van der Waals surface area contributed by atoms with Crippen molar-refractivity contribution in [2.75, 3.05) is 18.0 Å². The Morgan fingerprint density at radius 3 is 2.44 bits per heavy atom. The van der Waals surface area contributed by atoms with Gasteiger partial charge in [-0.15, -0.1) is 0 Å². The second kappa shape index (κ2) is 8.08. The number of benzene rings is 1. The largest absolute Gasteiger partial charge is 0.467 e. The number of anilines is 1. The number of hydrogen-bond donors (Lipinski definition) is 1. The summed E-state index contributed by atoms with van der Waals surface area (Å²) in [6.45, 7) is 2.57. The molecule has 5 nitrogen and oxygen atoms in total. The van der Waals surface area contributed by atoms with E-state index in [0.29, 0.717) is 12.1 Å². The van der Waals surface area contributed by atoms with Crippen molar-refractivity contribution in [3.8, 4) is 11.1 Å². The molecule has 4 rings (SSSR count). The first-order valence-electron chi connectivity index (χ1n) is 9.41. The first kappa shape index (κ1) is 17.3. The molecule has 1 fully saturated rings. The van der Waals surface area contributed by atoms with Crippen LogP contribution in [-0.2, 0) is 6.54 Å². The third-order valence-corrected chi connectivity index (χ3v) is 4.91. The summed E-state index contributed by atoms with van der Waals surface area (Å²) >= 11 is 0. The summed E-state index contributed by atoms with van der Waals surface area (Å²) in [7, 11) is 0. The first-order valence-corrected chi connectivity index (χ1v) is 9.41. The first-order chi connectivity index (χ1) is 13.3. The zero-order valence-corrected chi connectivity index (χ0v) is 15.2. The van der Waals surface area contributed by atoms with Crippen LogP contribution < -0.4 is 10.2 Å². The van der Waals surface area contributed by atoms with Gasteiger partial charge < -0.3 is 14.6 Å². The Morgan fingerprint density at radius 2 is 1.78 bits per heavy atom. The topological polar surface area (TPSA) is 58.4 Å². The number of carbonyl (C=O) groups excluding carboxylic acids is 1. The normalized spacial score (nSPS) is 14.1. The molecule has 0 atom stereocenters. The van der Waals surface area contributed by atoms with Crippen molar-refractivity contribution in [1.29, 1.82) is 0 Å². The number of amides is 1. The van der Waals surface area contributed by atoms with Gasteiger partial charge in [0.05, 0.1) is 12.8 Å². The number of piperidine rings is 1. The minimum absolute atomic E-state index is 0.114. The average molecular weight is 361 g/mol. The van der Waals surface area contributed by atoms with Crippen molar-refractivity contribution in [3.05, 3.63) is 72.3 Å². The number of hydrogen-bond acceptors (Lipinski definition) is 4. The van der Waals surface area contributed by atoms with Gasteiger partial charge in [-0.05, 0) is 61.2 Å². The van der Waals surface area contributed by atoms with Gasteiger partial charge in [0, 0.05) is 30.4 Å². The maximum Gasteiger partial charge on any atom is 0.251 e. The Kier molecular flexibility index (Phi) is 5.19. The smallest absolute Gasteiger partial charge is 0.251 e. The number of rotatable bonds is 5. The van der Waals surface area contributed by atoms with Gasteiger partial charge in [0.2, 0.25) is 0 Å². The van der Waals surface area contributed by atoms with Crippen LogP contribution in [0.15, 0.2) is 65.4 Å². The highest BCUT2D eigenvalue weighted by Crippen LogP contribution is 2.23. The zero-order chi connectivity index (χ0) is 18.5. The number of furan rings is 1. The van der Waals surface area contributed by atoms with Crippen LogP contribution >= 0.6 is 0 Å². The van der Waals surface area contributed by atoms with Crippen LogP contribution in [0, 0.1) is 0 Å². The highest BCUT2D eigenvalue weighted by atomic mass is 16.3. The van der Waals surface area contributed by atoms with E-state index in [-0.39, 0.29) is 5.91 Å². The van der Waals surface area contributed by atoms with Crippen molar-refractivity contribution in [2.24, 2.45) is 0 Å². The van der Waals surface area contributed by atoms with Crippen molar-refractivity contribution >= 4 is 11.7 Å². The van der Waals surface area contributed by atoms with E-state index in [1.165, 1.54) is 19.3 Å². The van der Waals surface area contributed by atoms with Crippen LogP contribution in [0.4, 0.5) is 5.82 Å². The molecular weight excluding hydrogens is 338 g/mol. The van der Waals surface area contributed by atoms with Crippen LogP contribution in [0.25, 0.3) is 11.1 Å². The predicted octanol–water partition coefficient (Wildman–Crippen LogP) is 4.26. The third-order valence-electron chi connectivity index (χ3n) is 4.91. The van der Waals surface area contributed by atoms with Crippen LogP contribution in [-0.4, -0.2) is 24.0 Å². The SMILES string of the molecule is O=C(NCc1ccco1)c1ccc(-c2ccc(N3CCCCC3)nc2)cc1. The van der Waals surface area contributed by atoms with Crippen molar-refractivity contribution in [1.82, 2.24) is 10.3 Å². The van der Waals surface area contributed by atoms with Gasteiger partial charge in [0.1, 0.15) is 11.6 Å². The molecule has 1 aliphatic heterocycles. The number of aromatic nitrogens is 1. The Labute approximate surface area is 159 Å². The second-order valence-electron chi connectivity index (χ2n) is 6.79. The van der Waals surface area contributed by atoms with E-state index in [4.69, 9.17) is 4.42 Å². The Morgan fingerprint density at radius 1 is 1.00 bits per heavy atom. The number of carbonyl (C=O) groups is 1. The minimum atomic E-state index is -0.114.